The van der Waals surface area contributed by atoms with Crippen molar-refractivity contribution in [1.29, 1.82) is 0 Å². The highest BCUT2D eigenvalue weighted by atomic mass is 35.5. The lowest BCUT2D eigenvalue weighted by Gasteiger charge is -2.31. The van der Waals surface area contributed by atoms with Gasteiger partial charge in [-0.15, -0.1) is 0 Å². The van der Waals surface area contributed by atoms with Gasteiger partial charge in [-0.25, -0.2) is 0 Å². The molecule has 3 rings (SSSR count). The van der Waals surface area contributed by atoms with Gasteiger partial charge in [0, 0.05) is 36.1 Å². The molecule has 0 aliphatic carbocycles. The molecular weight excluding hydrogens is 405 g/mol. The second-order valence-electron chi connectivity index (χ2n) is 6.99. The molecular formula is C21H20ClF3N2O2. The van der Waals surface area contributed by atoms with Crippen molar-refractivity contribution in [3.63, 3.8) is 0 Å². The first-order valence-electron chi connectivity index (χ1n) is 9.23. The van der Waals surface area contributed by atoms with E-state index in [0.29, 0.717) is 37.5 Å². The number of nitrogens with zero attached hydrogens (tertiary/aromatic N) is 1. The average Bonchev–Trinajstić information content (AvgIpc) is 2.71. The van der Waals surface area contributed by atoms with E-state index in [1.165, 1.54) is 12.1 Å². The quantitative estimate of drug-likeness (QED) is 0.784. The predicted octanol–water partition coefficient (Wildman–Crippen LogP) is 4.53. The molecule has 2 aromatic carbocycles. The van der Waals surface area contributed by atoms with Crippen molar-refractivity contribution in [2.24, 2.45) is 5.92 Å². The third kappa shape index (κ3) is 5.50. The molecule has 0 aromatic heterocycles. The SMILES string of the molecule is O=C(NCc1cccc(Cl)c1)C1CCN(C(=O)c2ccc(C(F)(F)F)cc2)CC1. The topological polar surface area (TPSA) is 49.4 Å². The number of hydrogen-bond acceptors (Lipinski definition) is 2. The summed E-state index contributed by atoms with van der Waals surface area (Å²) in [6, 6.07) is 11.4. The molecule has 1 N–H and O–H groups in total. The zero-order valence-corrected chi connectivity index (χ0v) is 16.3. The first-order chi connectivity index (χ1) is 13.7. The third-order valence-corrected chi connectivity index (χ3v) is 5.20. The second-order valence-corrected chi connectivity index (χ2v) is 7.43. The highest BCUT2D eigenvalue weighted by molar-refractivity contribution is 6.30. The van der Waals surface area contributed by atoms with Crippen LogP contribution in [0.1, 0.15) is 34.3 Å². The zero-order chi connectivity index (χ0) is 21.0. The summed E-state index contributed by atoms with van der Waals surface area (Å²) in [7, 11) is 0. The van der Waals surface area contributed by atoms with Crippen LogP contribution in [0.2, 0.25) is 5.02 Å². The number of carbonyl (C=O) groups is 2. The molecule has 0 unspecified atom stereocenters. The predicted molar refractivity (Wildman–Crippen MR) is 103 cm³/mol. The molecule has 154 valence electrons. The van der Waals surface area contributed by atoms with Crippen molar-refractivity contribution >= 4 is 23.4 Å². The largest absolute Gasteiger partial charge is 0.416 e. The van der Waals surface area contributed by atoms with E-state index in [4.69, 9.17) is 11.6 Å². The van der Waals surface area contributed by atoms with E-state index in [-0.39, 0.29) is 23.3 Å². The lowest BCUT2D eigenvalue weighted by molar-refractivity contribution is -0.137. The Bertz CT molecular complexity index is 876. The maximum absolute atomic E-state index is 12.6. The number of likely N-dealkylation sites (tertiary alicyclic amines) is 1. The van der Waals surface area contributed by atoms with Crippen molar-refractivity contribution in [2.75, 3.05) is 13.1 Å². The van der Waals surface area contributed by atoms with Crippen LogP contribution >= 0.6 is 11.6 Å². The van der Waals surface area contributed by atoms with Gasteiger partial charge in [-0.1, -0.05) is 23.7 Å². The molecule has 1 saturated heterocycles. The highest BCUT2D eigenvalue weighted by Crippen LogP contribution is 2.29. The molecule has 8 heteroatoms. The Kier molecular flexibility index (Phi) is 6.47. The van der Waals surface area contributed by atoms with Gasteiger partial charge in [0.1, 0.15) is 0 Å². The number of piperidine rings is 1. The van der Waals surface area contributed by atoms with Gasteiger partial charge in [0.05, 0.1) is 5.56 Å². The number of rotatable bonds is 4. The van der Waals surface area contributed by atoms with Gasteiger partial charge in [-0.3, -0.25) is 9.59 Å². The minimum absolute atomic E-state index is 0.0772. The van der Waals surface area contributed by atoms with Gasteiger partial charge < -0.3 is 10.2 Å². The van der Waals surface area contributed by atoms with E-state index in [9.17, 15) is 22.8 Å². The summed E-state index contributed by atoms with van der Waals surface area (Å²) in [5, 5.41) is 3.49. The first kappa shape index (κ1) is 21.2. The maximum Gasteiger partial charge on any atom is 0.416 e. The van der Waals surface area contributed by atoms with Crippen LogP contribution in [0.4, 0.5) is 13.2 Å². The van der Waals surface area contributed by atoms with E-state index in [2.05, 4.69) is 5.32 Å². The number of nitrogens with one attached hydrogen (secondary N) is 1. The van der Waals surface area contributed by atoms with E-state index in [0.717, 1.165) is 17.7 Å². The molecule has 0 saturated carbocycles. The second kappa shape index (κ2) is 8.86. The monoisotopic (exact) mass is 424 g/mol. The Balaban J connectivity index is 1.50. The van der Waals surface area contributed by atoms with E-state index < -0.39 is 11.7 Å². The Hall–Kier alpha value is -2.54. The van der Waals surface area contributed by atoms with Gasteiger partial charge in [0.2, 0.25) is 5.91 Å². The summed E-state index contributed by atoms with van der Waals surface area (Å²) >= 11 is 5.93. The Labute approximate surface area is 171 Å². The molecule has 2 aromatic rings. The Morgan fingerprint density at radius 3 is 2.31 bits per heavy atom. The van der Waals surface area contributed by atoms with Crippen LogP contribution in [-0.4, -0.2) is 29.8 Å². The summed E-state index contributed by atoms with van der Waals surface area (Å²) in [6.07, 6.45) is -3.42. The number of amides is 2. The van der Waals surface area contributed by atoms with E-state index in [1.807, 2.05) is 12.1 Å². The number of carbonyl (C=O) groups excluding carboxylic acids is 2. The molecule has 0 bridgehead atoms. The summed E-state index contributed by atoms with van der Waals surface area (Å²) in [5.74, 6) is -0.603. The number of hydrogen-bond donors (Lipinski definition) is 1. The molecule has 29 heavy (non-hydrogen) atoms. The summed E-state index contributed by atoms with van der Waals surface area (Å²) in [5.41, 5.74) is 0.326. The van der Waals surface area contributed by atoms with Crippen LogP contribution in [0.25, 0.3) is 0 Å². The molecule has 4 nitrogen and oxygen atoms in total. The first-order valence-corrected chi connectivity index (χ1v) is 9.60. The smallest absolute Gasteiger partial charge is 0.352 e. The van der Waals surface area contributed by atoms with Gasteiger partial charge in [-0.2, -0.15) is 13.2 Å². The van der Waals surface area contributed by atoms with Gasteiger partial charge in [0.15, 0.2) is 0 Å². The van der Waals surface area contributed by atoms with Crippen LogP contribution in [-0.2, 0) is 17.5 Å². The highest BCUT2D eigenvalue weighted by Gasteiger charge is 2.31. The summed E-state index contributed by atoms with van der Waals surface area (Å²) in [6.45, 7) is 1.15. The number of halogens is 4. The average molecular weight is 425 g/mol. The van der Waals surface area contributed by atoms with Crippen LogP contribution < -0.4 is 5.32 Å². The van der Waals surface area contributed by atoms with Crippen molar-refractivity contribution in [1.82, 2.24) is 10.2 Å². The van der Waals surface area contributed by atoms with Crippen LogP contribution in [0.3, 0.4) is 0 Å². The van der Waals surface area contributed by atoms with E-state index >= 15 is 0 Å². The standard InChI is InChI=1S/C21H20ClF3N2O2/c22-18-3-1-2-14(12-18)13-26-19(28)15-8-10-27(11-9-15)20(29)16-4-6-17(7-5-16)21(23,24)25/h1-7,12,15H,8-11,13H2,(H,26,28). The fraction of sp³-hybridized carbons (Fsp3) is 0.333. The minimum atomic E-state index is -4.43. The molecule has 2 amide bonds. The van der Waals surface area contributed by atoms with Crippen LogP contribution in [0, 0.1) is 5.92 Å². The van der Waals surface area contributed by atoms with Crippen molar-refractivity contribution in [2.45, 2.75) is 25.6 Å². The molecule has 1 aliphatic heterocycles. The van der Waals surface area contributed by atoms with Gasteiger partial charge in [0.25, 0.3) is 5.91 Å². The molecule has 1 fully saturated rings. The van der Waals surface area contributed by atoms with Crippen molar-refractivity contribution in [3.05, 3.63) is 70.2 Å². The molecule has 1 heterocycles. The lowest BCUT2D eigenvalue weighted by Crippen LogP contribution is -2.42. The molecule has 0 spiro atoms. The molecule has 1 aliphatic rings. The molecule has 0 atom stereocenters. The van der Waals surface area contributed by atoms with Crippen LogP contribution in [0.5, 0.6) is 0 Å². The summed E-state index contributed by atoms with van der Waals surface area (Å²) in [4.78, 5) is 26.5. The van der Waals surface area contributed by atoms with Gasteiger partial charge in [-0.05, 0) is 54.8 Å². The maximum atomic E-state index is 12.6. The van der Waals surface area contributed by atoms with Crippen molar-refractivity contribution < 1.29 is 22.8 Å². The third-order valence-electron chi connectivity index (χ3n) is 4.97. The normalized spacial score (nSPS) is 15.2. The summed E-state index contributed by atoms with van der Waals surface area (Å²) < 4.78 is 37.9. The zero-order valence-electron chi connectivity index (χ0n) is 15.5. The number of alkyl halides is 3. The molecule has 0 radical (unpaired) electrons. The van der Waals surface area contributed by atoms with E-state index in [1.54, 1.807) is 17.0 Å². The lowest BCUT2D eigenvalue weighted by atomic mass is 9.95. The Morgan fingerprint density at radius 2 is 1.72 bits per heavy atom. The minimum Gasteiger partial charge on any atom is -0.352 e. The number of benzene rings is 2. The Morgan fingerprint density at radius 1 is 1.07 bits per heavy atom. The fourth-order valence-corrected chi connectivity index (χ4v) is 3.52. The fourth-order valence-electron chi connectivity index (χ4n) is 3.31. The van der Waals surface area contributed by atoms with Gasteiger partial charge >= 0.3 is 6.18 Å². The van der Waals surface area contributed by atoms with Crippen LogP contribution in [0.15, 0.2) is 48.5 Å². The van der Waals surface area contributed by atoms with Crippen molar-refractivity contribution in [3.8, 4) is 0 Å².